The fraction of sp³-hybridized carbons (Fsp3) is 0.421. The summed E-state index contributed by atoms with van der Waals surface area (Å²) in [4.78, 5) is 27.0. The predicted octanol–water partition coefficient (Wildman–Crippen LogP) is 1.62. The lowest BCUT2D eigenvalue weighted by Crippen LogP contribution is -2.50. The average Bonchev–Trinajstić information content (AvgIpc) is 3.26. The van der Waals surface area contributed by atoms with Crippen LogP contribution in [-0.2, 0) is 17.8 Å². The van der Waals surface area contributed by atoms with Crippen molar-refractivity contribution in [1.82, 2.24) is 20.0 Å². The molecule has 1 N–H and O–H groups in total. The molecule has 6 nitrogen and oxygen atoms in total. The molecule has 1 aromatic heterocycles. The molecule has 0 bridgehead atoms. The first-order valence-electron chi connectivity index (χ1n) is 8.81. The van der Waals surface area contributed by atoms with Gasteiger partial charge in [-0.2, -0.15) is 5.10 Å². The van der Waals surface area contributed by atoms with Crippen molar-refractivity contribution in [3.63, 3.8) is 0 Å². The molecule has 2 amide bonds. The molecule has 6 heteroatoms. The van der Waals surface area contributed by atoms with E-state index in [2.05, 4.69) is 10.4 Å². The number of benzene rings is 1. The van der Waals surface area contributed by atoms with Gasteiger partial charge in [-0.05, 0) is 37.0 Å². The molecular formula is C19H22N4O2. The van der Waals surface area contributed by atoms with E-state index < -0.39 is 0 Å². The van der Waals surface area contributed by atoms with Crippen LogP contribution in [0.2, 0.25) is 0 Å². The van der Waals surface area contributed by atoms with Crippen molar-refractivity contribution in [2.75, 3.05) is 13.1 Å². The van der Waals surface area contributed by atoms with Crippen molar-refractivity contribution in [3.05, 3.63) is 53.9 Å². The minimum Gasteiger partial charge on any atom is -0.345 e. The zero-order valence-electron chi connectivity index (χ0n) is 14.1. The number of aromatic nitrogens is 2. The molecular weight excluding hydrogens is 316 g/mol. The molecule has 1 saturated heterocycles. The van der Waals surface area contributed by atoms with Crippen LogP contribution in [0.25, 0.3) is 0 Å². The standard InChI is InChI=1S/C19H22N4O2/c24-17(7-12-23-11-3-10-20-23)22-13-9-19(14-22)8-6-15-4-1-2-5-16(15)18(25)21-19/h1-5,10-11H,6-9,12-14H2,(H,21,25)/t19-/m0/s1. The van der Waals surface area contributed by atoms with E-state index in [1.54, 1.807) is 10.9 Å². The molecule has 1 aromatic carbocycles. The van der Waals surface area contributed by atoms with Gasteiger partial charge in [0.1, 0.15) is 0 Å². The Bertz CT molecular complexity index is 786. The molecule has 1 spiro atoms. The summed E-state index contributed by atoms with van der Waals surface area (Å²) in [6.45, 7) is 1.90. The van der Waals surface area contributed by atoms with Crippen LogP contribution in [0.4, 0.5) is 0 Å². The maximum atomic E-state index is 12.6. The quantitative estimate of drug-likeness (QED) is 0.925. The Morgan fingerprint density at radius 3 is 2.96 bits per heavy atom. The molecule has 4 rings (SSSR count). The summed E-state index contributed by atoms with van der Waals surface area (Å²) in [5, 5.41) is 7.35. The number of hydrogen-bond donors (Lipinski definition) is 1. The Labute approximate surface area is 146 Å². The van der Waals surface area contributed by atoms with E-state index in [4.69, 9.17) is 0 Å². The second kappa shape index (κ2) is 6.35. The minimum atomic E-state index is -0.294. The molecule has 1 atom stereocenters. The fourth-order valence-corrected chi connectivity index (χ4v) is 3.90. The second-order valence-electron chi connectivity index (χ2n) is 6.98. The van der Waals surface area contributed by atoms with E-state index in [0.717, 1.165) is 30.4 Å². The molecule has 0 unspecified atom stereocenters. The van der Waals surface area contributed by atoms with Gasteiger partial charge in [-0.3, -0.25) is 14.3 Å². The van der Waals surface area contributed by atoms with Gasteiger partial charge in [0.2, 0.25) is 5.91 Å². The van der Waals surface area contributed by atoms with Crippen LogP contribution in [0.15, 0.2) is 42.7 Å². The molecule has 25 heavy (non-hydrogen) atoms. The number of rotatable bonds is 3. The smallest absolute Gasteiger partial charge is 0.252 e. The lowest BCUT2D eigenvalue weighted by Gasteiger charge is -2.29. The van der Waals surface area contributed by atoms with Crippen LogP contribution >= 0.6 is 0 Å². The minimum absolute atomic E-state index is 0.0149. The van der Waals surface area contributed by atoms with Crippen LogP contribution in [-0.4, -0.2) is 45.1 Å². The molecule has 130 valence electrons. The maximum absolute atomic E-state index is 12.6. The van der Waals surface area contributed by atoms with Gasteiger partial charge in [0.15, 0.2) is 0 Å². The second-order valence-corrected chi connectivity index (χ2v) is 6.98. The maximum Gasteiger partial charge on any atom is 0.252 e. The van der Waals surface area contributed by atoms with Gasteiger partial charge in [-0.1, -0.05) is 18.2 Å². The van der Waals surface area contributed by atoms with Crippen LogP contribution in [0, 0.1) is 0 Å². The van der Waals surface area contributed by atoms with Crippen molar-refractivity contribution in [2.45, 2.75) is 37.8 Å². The van der Waals surface area contributed by atoms with Crippen molar-refractivity contribution in [3.8, 4) is 0 Å². The highest BCUT2D eigenvalue weighted by Gasteiger charge is 2.42. The fourth-order valence-electron chi connectivity index (χ4n) is 3.90. The Hall–Kier alpha value is -2.63. The van der Waals surface area contributed by atoms with Gasteiger partial charge in [0.25, 0.3) is 5.91 Å². The highest BCUT2D eigenvalue weighted by molar-refractivity contribution is 5.96. The third-order valence-electron chi connectivity index (χ3n) is 5.33. The van der Waals surface area contributed by atoms with E-state index in [9.17, 15) is 9.59 Å². The summed E-state index contributed by atoms with van der Waals surface area (Å²) in [6.07, 6.45) is 6.57. The summed E-state index contributed by atoms with van der Waals surface area (Å²) >= 11 is 0. The zero-order chi connectivity index (χ0) is 17.3. The zero-order valence-corrected chi connectivity index (χ0v) is 14.1. The van der Waals surface area contributed by atoms with Crippen molar-refractivity contribution < 1.29 is 9.59 Å². The number of hydrogen-bond acceptors (Lipinski definition) is 3. The summed E-state index contributed by atoms with van der Waals surface area (Å²) in [6, 6.07) is 9.63. The highest BCUT2D eigenvalue weighted by atomic mass is 16.2. The van der Waals surface area contributed by atoms with Crippen LogP contribution in [0.3, 0.4) is 0 Å². The number of carbonyl (C=O) groups excluding carboxylic acids is 2. The van der Waals surface area contributed by atoms with Crippen molar-refractivity contribution >= 4 is 11.8 Å². The van der Waals surface area contributed by atoms with E-state index in [0.29, 0.717) is 26.1 Å². The van der Waals surface area contributed by atoms with Gasteiger partial charge >= 0.3 is 0 Å². The van der Waals surface area contributed by atoms with Crippen molar-refractivity contribution in [1.29, 1.82) is 0 Å². The van der Waals surface area contributed by atoms with E-state index in [-0.39, 0.29) is 17.4 Å². The lowest BCUT2D eigenvalue weighted by molar-refractivity contribution is -0.130. The number of nitrogens with one attached hydrogen (secondary N) is 1. The normalized spacial score (nSPS) is 22.6. The number of nitrogens with zero attached hydrogens (tertiary/aromatic N) is 3. The highest BCUT2D eigenvalue weighted by Crippen LogP contribution is 2.30. The van der Waals surface area contributed by atoms with E-state index >= 15 is 0 Å². The molecule has 0 saturated carbocycles. The molecule has 2 aliphatic rings. The van der Waals surface area contributed by atoms with Gasteiger partial charge in [0.05, 0.1) is 5.54 Å². The van der Waals surface area contributed by atoms with Crippen LogP contribution in [0.5, 0.6) is 0 Å². The van der Waals surface area contributed by atoms with Gasteiger partial charge in [-0.25, -0.2) is 0 Å². The first-order chi connectivity index (χ1) is 12.2. The lowest BCUT2D eigenvalue weighted by atomic mass is 9.91. The van der Waals surface area contributed by atoms with Gasteiger partial charge < -0.3 is 10.2 Å². The number of amides is 2. The number of carbonyl (C=O) groups is 2. The molecule has 1 fully saturated rings. The molecule has 0 aliphatic carbocycles. The summed E-state index contributed by atoms with van der Waals surface area (Å²) in [7, 11) is 0. The number of aryl methyl sites for hydroxylation is 2. The summed E-state index contributed by atoms with van der Waals surface area (Å²) in [5.41, 5.74) is 1.57. The first kappa shape index (κ1) is 15.9. The Morgan fingerprint density at radius 1 is 1.24 bits per heavy atom. The number of likely N-dealkylation sites (tertiary alicyclic amines) is 1. The Kier molecular flexibility index (Phi) is 4.03. The average molecular weight is 338 g/mol. The third-order valence-corrected chi connectivity index (χ3v) is 5.33. The van der Waals surface area contributed by atoms with Crippen LogP contribution < -0.4 is 5.32 Å². The Morgan fingerprint density at radius 2 is 2.12 bits per heavy atom. The first-order valence-corrected chi connectivity index (χ1v) is 8.81. The Balaban J connectivity index is 1.41. The molecule has 2 aromatic rings. The van der Waals surface area contributed by atoms with E-state index in [1.807, 2.05) is 41.4 Å². The van der Waals surface area contributed by atoms with E-state index in [1.165, 1.54) is 0 Å². The SMILES string of the molecule is O=C1N[C@@]2(CCc3ccccc31)CCN(C(=O)CCn1cccn1)C2. The van der Waals surface area contributed by atoms with Gasteiger partial charge in [0, 0.05) is 44.0 Å². The molecule has 2 aliphatic heterocycles. The third kappa shape index (κ3) is 3.16. The molecule has 0 radical (unpaired) electrons. The summed E-state index contributed by atoms with van der Waals surface area (Å²) < 4.78 is 1.77. The van der Waals surface area contributed by atoms with Crippen molar-refractivity contribution in [2.24, 2.45) is 0 Å². The number of fused-ring (bicyclic) bond motifs is 1. The largest absolute Gasteiger partial charge is 0.345 e. The topological polar surface area (TPSA) is 67.2 Å². The monoisotopic (exact) mass is 338 g/mol. The summed E-state index contributed by atoms with van der Waals surface area (Å²) in [5.74, 6) is 0.113. The van der Waals surface area contributed by atoms with Gasteiger partial charge in [-0.15, -0.1) is 0 Å². The molecule has 3 heterocycles. The van der Waals surface area contributed by atoms with Crippen LogP contribution in [0.1, 0.15) is 35.2 Å². The predicted molar refractivity (Wildman–Crippen MR) is 93.0 cm³/mol.